The van der Waals surface area contributed by atoms with Gasteiger partial charge in [0.05, 0.1) is 11.4 Å². The van der Waals surface area contributed by atoms with Gasteiger partial charge in [-0.3, -0.25) is 0 Å². The highest BCUT2D eigenvalue weighted by Gasteiger charge is 2.05. The van der Waals surface area contributed by atoms with Crippen molar-refractivity contribution in [2.45, 2.75) is 20.8 Å². The molecule has 0 fully saturated rings. The topological polar surface area (TPSA) is 29.3 Å². The molecular weight excluding hydrogens is 196 g/mol. The summed E-state index contributed by atoms with van der Waals surface area (Å²) in [5.41, 5.74) is 9.19. The van der Waals surface area contributed by atoms with E-state index in [2.05, 4.69) is 31.7 Å². The number of halogens is 1. The molecule has 0 radical (unpaired) electrons. The fourth-order valence-corrected chi connectivity index (χ4v) is 1.49. The van der Waals surface area contributed by atoms with Gasteiger partial charge in [0.1, 0.15) is 0 Å². The number of nitrogens with zero attached hydrogens (tertiary/aromatic N) is 1. The second kappa shape index (κ2) is 5.76. The van der Waals surface area contributed by atoms with Gasteiger partial charge in [-0.25, -0.2) is 0 Å². The van der Waals surface area contributed by atoms with Crippen molar-refractivity contribution in [3.63, 3.8) is 0 Å². The molecule has 1 aromatic rings. The normalized spacial score (nSPS) is 9.36. The summed E-state index contributed by atoms with van der Waals surface area (Å²) in [4.78, 5) is 2.27. The monoisotopic (exact) mass is 214 g/mol. The van der Waals surface area contributed by atoms with Gasteiger partial charge in [0.25, 0.3) is 0 Å². The Kier molecular flexibility index (Phi) is 5.39. The molecule has 0 heterocycles. The van der Waals surface area contributed by atoms with Gasteiger partial charge >= 0.3 is 0 Å². The summed E-state index contributed by atoms with van der Waals surface area (Å²) in [6.45, 7) is 8.39. The maximum atomic E-state index is 5.90. The zero-order valence-electron chi connectivity index (χ0n) is 9.08. The molecule has 0 saturated carbocycles. The highest BCUT2D eigenvalue weighted by atomic mass is 35.5. The summed E-state index contributed by atoms with van der Waals surface area (Å²) in [7, 11) is 0. The molecule has 14 heavy (non-hydrogen) atoms. The van der Waals surface area contributed by atoms with Crippen LogP contribution in [0.15, 0.2) is 18.2 Å². The number of aryl methyl sites for hydroxylation is 1. The van der Waals surface area contributed by atoms with Crippen LogP contribution >= 0.6 is 12.4 Å². The second-order valence-electron chi connectivity index (χ2n) is 3.23. The molecule has 0 spiro atoms. The molecule has 0 atom stereocenters. The third-order valence-corrected chi connectivity index (χ3v) is 2.29. The molecule has 0 amide bonds. The van der Waals surface area contributed by atoms with Crippen molar-refractivity contribution in [1.82, 2.24) is 0 Å². The van der Waals surface area contributed by atoms with Crippen LogP contribution in [0.4, 0.5) is 11.4 Å². The van der Waals surface area contributed by atoms with E-state index in [1.165, 1.54) is 5.56 Å². The van der Waals surface area contributed by atoms with Crippen LogP contribution in [-0.4, -0.2) is 13.1 Å². The second-order valence-corrected chi connectivity index (χ2v) is 3.23. The molecule has 0 bridgehead atoms. The van der Waals surface area contributed by atoms with Crippen LogP contribution in [0.5, 0.6) is 0 Å². The Hall–Kier alpha value is -0.890. The first-order chi connectivity index (χ1) is 6.19. The standard InChI is InChI=1S/C11H18N2.ClH/c1-4-13(5-2)11-8-9(3)6-7-10(11)12;/h6-8H,4-5,12H2,1-3H3;1H. The number of rotatable bonds is 3. The lowest BCUT2D eigenvalue weighted by molar-refractivity contribution is 0.867. The van der Waals surface area contributed by atoms with E-state index in [4.69, 9.17) is 5.73 Å². The van der Waals surface area contributed by atoms with Crippen molar-refractivity contribution in [1.29, 1.82) is 0 Å². The van der Waals surface area contributed by atoms with Crippen LogP contribution in [0, 0.1) is 6.92 Å². The van der Waals surface area contributed by atoms with Gasteiger partial charge in [-0.2, -0.15) is 0 Å². The molecule has 1 rings (SSSR count). The average molecular weight is 215 g/mol. The van der Waals surface area contributed by atoms with E-state index in [9.17, 15) is 0 Å². The fourth-order valence-electron chi connectivity index (χ4n) is 1.49. The predicted octanol–water partition coefficient (Wildman–Crippen LogP) is 2.85. The predicted molar refractivity (Wildman–Crippen MR) is 66.4 cm³/mol. The van der Waals surface area contributed by atoms with Gasteiger partial charge in [-0.15, -0.1) is 12.4 Å². The lowest BCUT2D eigenvalue weighted by Crippen LogP contribution is -2.22. The van der Waals surface area contributed by atoms with Crippen molar-refractivity contribution in [3.05, 3.63) is 23.8 Å². The van der Waals surface area contributed by atoms with E-state index >= 15 is 0 Å². The zero-order chi connectivity index (χ0) is 9.84. The van der Waals surface area contributed by atoms with Gasteiger partial charge in [-0.1, -0.05) is 6.07 Å². The molecule has 2 nitrogen and oxygen atoms in total. The molecule has 0 aliphatic carbocycles. The molecular formula is C11H19ClN2. The molecule has 3 heteroatoms. The van der Waals surface area contributed by atoms with E-state index in [1.807, 2.05) is 12.1 Å². The molecule has 0 aromatic heterocycles. The van der Waals surface area contributed by atoms with Crippen LogP contribution in [0.2, 0.25) is 0 Å². The van der Waals surface area contributed by atoms with E-state index in [1.54, 1.807) is 0 Å². The Morgan fingerprint density at radius 3 is 2.29 bits per heavy atom. The molecule has 0 aliphatic rings. The zero-order valence-corrected chi connectivity index (χ0v) is 9.90. The molecule has 0 saturated heterocycles. The van der Waals surface area contributed by atoms with Crippen LogP contribution in [0.3, 0.4) is 0 Å². The smallest absolute Gasteiger partial charge is 0.0602 e. The van der Waals surface area contributed by atoms with Crippen molar-refractivity contribution in [2.75, 3.05) is 23.7 Å². The van der Waals surface area contributed by atoms with Crippen molar-refractivity contribution in [3.8, 4) is 0 Å². The molecule has 0 aliphatic heterocycles. The maximum Gasteiger partial charge on any atom is 0.0602 e. The molecule has 1 aromatic carbocycles. The van der Waals surface area contributed by atoms with E-state index in [0.29, 0.717) is 0 Å². The quantitative estimate of drug-likeness (QED) is 0.785. The van der Waals surface area contributed by atoms with E-state index < -0.39 is 0 Å². The minimum absolute atomic E-state index is 0. The lowest BCUT2D eigenvalue weighted by Gasteiger charge is -2.23. The van der Waals surface area contributed by atoms with Crippen LogP contribution in [0.1, 0.15) is 19.4 Å². The number of anilines is 2. The van der Waals surface area contributed by atoms with Crippen LogP contribution in [-0.2, 0) is 0 Å². The van der Waals surface area contributed by atoms with Gasteiger partial charge in [0, 0.05) is 13.1 Å². The molecule has 2 N–H and O–H groups in total. The Labute approximate surface area is 92.5 Å². The summed E-state index contributed by atoms with van der Waals surface area (Å²) in [6.07, 6.45) is 0. The molecule has 0 unspecified atom stereocenters. The third-order valence-electron chi connectivity index (χ3n) is 2.29. The summed E-state index contributed by atoms with van der Waals surface area (Å²) >= 11 is 0. The van der Waals surface area contributed by atoms with Gasteiger partial charge in [0.2, 0.25) is 0 Å². The van der Waals surface area contributed by atoms with Gasteiger partial charge in [0.15, 0.2) is 0 Å². The number of benzene rings is 1. The maximum absolute atomic E-state index is 5.90. The van der Waals surface area contributed by atoms with E-state index in [0.717, 1.165) is 24.5 Å². The highest BCUT2D eigenvalue weighted by molar-refractivity contribution is 5.85. The average Bonchev–Trinajstić information content (AvgIpc) is 2.13. The Morgan fingerprint density at radius 2 is 1.79 bits per heavy atom. The fraction of sp³-hybridized carbons (Fsp3) is 0.455. The Morgan fingerprint density at radius 1 is 1.21 bits per heavy atom. The van der Waals surface area contributed by atoms with Crippen molar-refractivity contribution >= 4 is 23.8 Å². The van der Waals surface area contributed by atoms with E-state index in [-0.39, 0.29) is 12.4 Å². The first kappa shape index (κ1) is 13.1. The van der Waals surface area contributed by atoms with Crippen molar-refractivity contribution < 1.29 is 0 Å². The van der Waals surface area contributed by atoms with Gasteiger partial charge in [-0.05, 0) is 38.5 Å². The largest absolute Gasteiger partial charge is 0.397 e. The Bertz CT molecular complexity index is 283. The van der Waals surface area contributed by atoms with Gasteiger partial charge < -0.3 is 10.6 Å². The summed E-state index contributed by atoms with van der Waals surface area (Å²) in [6, 6.07) is 6.16. The minimum Gasteiger partial charge on any atom is -0.397 e. The van der Waals surface area contributed by atoms with Crippen LogP contribution < -0.4 is 10.6 Å². The number of nitrogens with two attached hydrogens (primary N) is 1. The van der Waals surface area contributed by atoms with Crippen molar-refractivity contribution in [2.24, 2.45) is 0 Å². The number of hydrogen-bond acceptors (Lipinski definition) is 2. The number of nitrogen functional groups attached to an aromatic ring is 1. The third kappa shape index (κ3) is 2.81. The number of hydrogen-bond donors (Lipinski definition) is 1. The molecule has 80 valence electrons. The summed E-state index contributed by atoms with van der Waals surface area (Å²) in [5.74, 6) is 0. The SMILES string of the molecule is CCN(CC)c1cc(C)ccc1N.Cl. The highest BCUT2D eigenvalue weighted by Crippen LogP contribution is 2.23. The minimum atomic E-state index is 0. The Balaban J connectivity index is 0.00000169. The summed E-state index contributed by atoms with van der Waals surface area (Å²) in [5, 5.41) is 0. The first-order valence-corrected chi connectivity index (χ1v) is 4.80. The van der Waals surface area contributed by atoms with Crippen LogP contribution in [0.25, 0.3) is 0 Å². The first-order valence-electron chi connectivity index (χ1n) is 4.80. The lowest BCUT2D eigenvalue weighted by atomic mass is 10.2. The summed E-state index contributed by atoms with van der Waals surface area (Å²) < 4.78 is 0.